The van der Waals surface area contributed by atoms with Crippen molar-refractivity contribution >= 4 is 11.9 Å². The summed E-state index contributed by atoms with van der Waals surface area (Å²) < 4.78 is 0. The van der Waals surface area contributed by atoms with Crippen molar-refractivity contribution in [3.8, 4) is 0 Å². The van der Waals surface area contributed by atoms with Crippen LogP contribution in [0.5, 0.6) is 0 Å². The minimum atomic E-state index is -0.235. The second-order valence-corrected chi connectivity index (χ2v) is 5.57. The molecule has 0 unspecified atom stereocenters. The number of urea groups is 1. The van der Waals surface area contributed by atoms with Gasteiger partial charge in [-0.1, -0.05) is 0 Å². The number of likely N-dealkylation sites (tertiary alicyclic amines) is 1. The Morgan fingerprint density at radius 2 is 1.79 bits per heavy atom. The van der Waals surface area contributed by atoms with E-state index >= 15 is 0 Å². The molecule has 1 saturated heterocycles. The van der Waals surface area contributed by atoms with Gasteiger partial charge in [-0.25, -0.2) is 4.79 Å². The molecular formula is C13H26N4O2. The summed E-state index contributed by atoms with van der Waals surface area (Å²) in [6.07, 6.45) is 2.27. The van der Waals surface area contributed by atoms with Crippen molar-refractivity contribution < 1.29 is 9.59 Å². The molecule has 0 bridgehead atoms. The molecule has 0 aromatic carbocycles. The van der Waals surface area contributed by atoms with Gasteiger partial charge >= 0.3 is 6.03 Å². The van der Waals surface area contributed by atoms with Gasteiger partial charge in [0.1, 0.15) is 0 Å². The van der Waals surface area contributed by atoms with Crippen molar-refractivity contribution in [2.45, 2.75) is 12.8 Å². The maximum absolute atomic E-state index is 11.9. The first-order chi connectivity index (χ1) is 8.90. The molecule has 0 aromatic heterocycles. The highest BCUT2D eigenvalue weighted by atomic mass is 16.2. The van der Waals surface area contributed by atoms with Gasteiger partial charge in [0.25, 0.3) is 0 Å². The van der Waals surface area contributed by atoms with Crippen LogP contribution in [0, 0.1) is 5.92 Å². The van der Waals surface area contributed by atoms with Crippen LogP contribution in [0.2, 0.25) is 0 Å². The van der Waals surface area contributed by atoms with Crippen LogP contribution in [0.3, 0.4) is 0 Å². The highest BCUT2D eigenvalue weighted by Crippen LogP contribution is 2.16. The summed E-state index contributed by atoms with van der Waals surface area (Å²) >= 11 is 0. The SMILES string of the molecule is CN1CCC(CN(C)C(=O)CNC(=O)N(C)C)CC1. The summed E-state index contributed by atoms with van der Waals surface area (Å²) in [6.45, 7) is 3.05. The maximum atomic E-state index is 11.9. The minimum Gasteiger partial charge on any atom is -0.344 e. The van der Waals surface area contributed by atoms with Crippen LogP contribution in [0.15, 0.2) is 0 Å². The Hall–Kier alpha value is -1.30. The number of likely N-dealkylation sites (N-methyl/N-ethyl adjacent to an activating group) is 1. The van der Waals surface area contributed by atoms with Crippen LogP contribution in [-0.2, 0) is 4.79 Å². The van der Waals surface area contributed by atoms with Crippen LogP contribution < -0.4 is 5.32 Å². The molecular weight excluding hydrogens is 244 g/mol. The zero-order valence-electron chi connectivity index (χ0n) is 12.5. The lowest BCUT2D eigenvalue weighted by Crippen LogP contribution is -2.44. The molecule has 3 amide bonds. The van der Waals surface area contributed by atoms with Gasteiger partial charge in [-0.2, -0.15) is 0 Å². The van der Waals surface area contributed by atoms with Crippen molar-refractivity contribution in [1.82, 2.24) is 20.0 Å². The lowest BCUT2D eigenvalue weighted by Gasteiger charge is -2.31. The number of nitrogens with one attached hydrogen (secondary N) is 1. The highest BCUT2D eigenvalue weighted by Gasteiger charge is 2.20. The van der Waals surface area contributed by atoms with Gasteiger partial charge < -0.3 is 20.0 Å². The van der Waals surface area contributed by atoms with E-state index in [4.69, 9.17) is 0 Å². The third kappa shape index (κ3) is 5.46. The second-order valence-electron chi connectivity index (χ2n) is 5.57. The van der Waals surface area contributed by atoms with Crippen LogP contribution >= 0.6 is 0 Å². The Kier molecular flexibility index (Phi) is 6.08. The molecule has 1 aliphatic rings. The van der Waals surface area contributed by atoms with Crippen molar-refractivity contribution in [1.29, 1.82) is 0 Å². The van der Waals surface area contributed by atoms with Crippen LogP contribution in [-0.4, -0.2) is 81.0 Å². The smallest absolute Gasteiger partial charge is 0.317 e. The molecule has 1 heterocycles. The van der Waals surface area contributed by atoms with Gasteiger partial charge in [0.05, 0.1) is 6.54 Å². The topological polar surface area (TPSA) is 55.9 Å². The third-order valence-electron chi connectivity index (χ3n) is 3.59. The summed E-state index contributed by atoms with van der Waals surface area (Å²) in [7, 11) is 7.24. The fourth-order valence-corrected chi connectivity index (χ4v) is 2.18. The number of hydrogen-bond donors (Lipinski definition) is 1. The summed E-state index contributed by atoms with van der Waals surface area (Å²) in [5.74, 6) is 0.545. The van der Waals surface area contributed by atoms with Gasteiger partial charge in [0.15, 0.2) is 0 Å². The van der Waals surface area contributed by atoms with E-state index in [0.29, 0.717) is 5.92 Å². The van der Waals surface area contributed by atoms with E-state index in [1.54, 1.807) is 19.0 Å². The quantitative estimate of drug-likeness (QED) is 0.786. The molecule has 6 nitrogen and oxygen atoms in total. The molecule has 19 heavy (non-hydrogen) atoms. The van der Waals surface area contributed by atoms with Crippen LogP contribution in [0.25, 0.3) is 0 Å². The zero-order valence-corrected chi connectivity index (χ0v) is 12.5. The molecule has 0 aromatic rings. The molecule has 1 N–H and O–H groups in total. The average Bonchev–Trinajstić information content (AvgIpc) is 2.37. The van der Waals surface area contributed by atoms with E-state index < -0.39 is 0 Å². The van der Waals surface area contributed by atoms with E-state index in [1.807, 2.05) is 7.05 Å². The number of amides is 3. The van der Waals surface area contributed by atoms with E-state index in [9.17, 15) is 9.59 Å². The van der Waals surface area contributed by atoms with Crippen molar-refractivity contribution in [2.75, 3.05) is 54.4 Å². The minimum absolute atomic E-state index is 0.0332. The number of hydrogen-bond acceptors (Lipinski definition) is 3. The number of carbonyl (C=O) groups excluding carboxylic acids is 2. The predicted octanol–water partition coefficient (Wildman–Crippen LogP) is 0.0578. The van der Waals surface area contributed by atoms with Crippen LogP contribution in [0.1, 0.15) is 12.8 Å². The van der Waals surface area contributed by atoms with Gasteiger partial charge in [-0.15, -0.1) is 0 Å². The summed E-state index contributed by atoms with van der Waals surface area (Å²) in [5.41, 5.74) is 0. The lowest BCUT2D eigenvalue weighted by atomic mass is 9.97. The summed E-state index contributed by atoms with van der Waals surface area (Å²) in [6, 6.07) is -0.235. The van der Waals surface area contributed by atoms with Gasteiger partial charge in [0.2, 0.25) is 5.91 Å². The van der Waals surface area contributed by atoms with Crippen molar-refractivity contribution in [3.63, 3.8) is 0 Å². The second kappa shape index (κ2) is 7.33. The van der Waals surface area contributed by atoms with Gasteiger partial charge in [0, 0.05) is 27.7 Å². The molecule has 0 aliphatic carbocycles. The van der Waals surface area contributed by atoms with Gasteiger partial charge in [-0.05, 0) is 38.9 Å². The first-order valence-corrected chi connectivity index (χ1v) is 6.77. The summed E-state index contributed by atoms with van der Waals surface area (Å²) in [4.78, 5) is 28.7. The molecule has 1 rings (SSSR count). The Morgan fingerprint density at radius 3 is 2.32 bits per heavy atom. The first kappa shape index (κ1) is 15.8. The number of carbonyl (C=O) groups is 2. The van der Waals surface area contributed by atoms with Crippen molar-refractivity contribution in [3.05, 3.63) is 0 Å². The molecule has 0 atom stereocenters. The molecule has 1 fully saturated rings. The molecule has 0 radical (unpaired) electrons. The highest BCUT2D eigenvalue weighted by molar-refractivity contribution is 5.83. The summed E-state index contributed by atoms with van der Waals surface area (Å²) in [5, 5.41) is 2.59. The van der Waals surface area contributed by atoms with E-state index in [0.717, 1.165) is 32.5 Å². The van der Waals surface area contributed by atoms with E-state index in [2.05, 4.69) is 17.3 Å². The number of rotatable bonds is 4. The molecule has 110 valence electrons. The number of piperidine rings is 1. The van der Waals surface area contributed by atoms with Crippen molar-refractivity contribution in [2.24, 2.45) is 5.92 Å². The lowest BCUT2D eigenvalue weighted by molar-refractivity contribution is -0.129. The Morgan fingerprint density at radius 1 is 1.21 bits per heavy atom. The zero-order chi connectivity index (χ0) is 14.4. The Balaban J connectivity index is 2.26. The van der Waals surface area contributed by atoms with E-state index in [1.165, 1.54) is 4.90 Å². The Bertz CT molecular complexity index is 312. The molecule has 0 saturated carbocycles. The third-order valence-corrected chi connectivity index (χ3v) is 3.59. The standard InChI is InChI=1S/C13H26N4O2/c1-15(2)13(19)14-9-12(18)17(4)10-11-5-7-16(3)8-6-11/h11H,5-10H2,1-4H3,(H,14,19). The molecule has 6 heteroatoms. The monoisotopic (exact) mass is 270 g/mol. The van der Waals surface area contributed by atoms with E-state index in [-0.39, 0.29) is 18.5 Å². The average molecular weight is 270 g/mol. The predicted molar refractivity (Wildman–Crippen MR) is 74.9 cm³/mol. The normalized spacial score (nSPS) is 17.1. The molecule has 1 aliphatic heterocycles. The maximum Gasteiger partial charge on any atom is 0.317 e. The fraction of sp³-hybridized carbons (Fsp3) is 0.846. The molecule has 0 spiro atoms. The van der Waals surface area contributed by atoms with Gasteiger partial charge in [-0.3, -0.25) is 4.79 Å². The largest absolute Gasteiger partial charge is 0.344 e. The first-order valence-electron chi connectivity index (χ1n) is 6.77. The van der Waals surface area contributed by atoms with Crippen LogP contribution in [0.4, 0.5) is 4.79 Å². The fourth-order valence-electron chi connectivity index (χ4n) is 2.18. The number of nitrogens with zero attached hydrogens (tertiary/aromatic N) is 3. The Labute approximate surface area is 115 Å².